The predicted octanol–water partition coefficient (Wildman–Crippen LogP) is 3.75. The summed E-state index contributed by atoms with van der Waals surface area (Å²) < 4.78 is 1.08. The Morgan fingerprint density at radius 1 is 1.24 bits per heavy atom. The Bertz CT molecular complexity index is 794. The zero-order valence-corrected chi connectivity index (χ0v) is 13.2. The molecular formula is C17H16BrN3. The third-order valence-electron chi connectivity index (χ3n) is 4.24. The molecule has 1 aliphatic rings. The Morgan fingerprint density at radius 3 is 3.05 bits per heavy atom. The van der Waals surface area contributed by atoms with Crippen LogP contribution in [0.15, 0.2) is 47.2 Å². The van der Waals surface area contributed by atoms with Crippen molar-refractivity contribution in [3.8, 4) is 0 Å². The predicted molar refractivity (Wildman–Crippen MR) is 88.4 cm³/mol. The second kappa shape index (κ2) is 5.28. The van der Waals surface area contributed by atoms with Crippen molar-refractivity contribution in [2.24, 2.45) is 0 Å². The van der Waals surface area contributed by atoms with Crippen LogP contribution in [-0.2, 0) is 12.8 Å². The van der Waals surface area contributed by atoms with Gasteiger partial charge in [-0.1, -0.05) is 18.2 Å². The van der Waals surface area contributed by atoms with Gasteiger partial charge in [-0.3, -0.25) is 4.98 Å². The molecule has 0 saturated carbocycles. The third-order valence-corrected chi connectivity index (χ3v) is 4.96. The van der Waals surface area contributed by atoms with Crippen LogP contribution in [0, 0.1) is 0 Å². The monoisotopic (exact) mass is 341 g/mol. The second-order valence-corrected chi connectivity index (χ2v) is 6.35. The molecule has 3 nitrogen and oxygen atoms in total. The summed E-state index contributed by atoms with van der Waals surface area (Å²) >= 11 is 3.60. The van der Waals surface area contributed by atoms with Gasteiger partial charge in [0.15, 0.2) is 0 Å². The summed E-state index contributed by atoms with van der Waals surface area (Å²) in [6, 6.07) is 11.0. The van der Waals surface area contributed by atoms with Crippen molar-refractivity contribution in [2.75, 3.05) is 6.54 Å². The zero-order chi connectivity index (χ0) is 14.2. The van der Waals surface area contributed by atoms with E-state index >= 15 is 0 Å². The number of pyridine rings is 1. The zero-order valence-electron chi connectivity index (χ0n) is 11.6. The Labute approximate surface area is 131 Å². The number of benzene rings is 1. The molecule has 4 rings (SSSR count). The van der Waals surface area contributed by atoms with Crippen LogP contribution in [0.5, 0.6) is 0 Å². The minimum atomic E-state index is 0.333. The maximum atomic E-state index is 4.14. The molecule has 1 aromatic carbocycles. The molecular weight excluding hydrogens is 326 g/mol. The molecule has 2 aromatic heterocycles. The number of nitrogens with zero attached hydrogens (tertiary/aromatic N) is 1. The largest absolute Gasteiger partial charge is 0.357 e. The van der Waals surface area contributed by atoms with E-state index < -0.39 is 0 Å². The summed E-state index contributed by atoms with van der Waals surface area (Å²) in [5.74, 6) is 0. The smallest absolute Gasteiger partial charge is 0.0517 e. The third kappa shape index (κ3) is 2.28. The molecule has 3 heterocycles. The highest BCUT2D eigenvalue weighted by atomic mass is 79.9. The fraction of sp³-hybridized carbons (Fsp3) is 0.235. The molecule has 0 amide bonds. The molecule has 0 radical (unpaired) electrons. The van der Waals surface area contributed by atoms with Crippen LogP contribution in [0.25, 0.3) is 10.9 Å². The summed E-state index contributed by atoms with van der Waals surface area (Å²) in [4.78, 5) is 7.75. The Kier molecular flexibility index (Phi) is 3.28. The summed E-state index contributed by atoms with van der Waals surface area (Å²) in [5.41, 5.74) is 5.34. The molecule has 0 spiro atoms. The number of H-pyrrole nitrogens is 1. The fourth-order valence-electron chi connectivity index (χ4n) is 3.22. The van der Waals surface area contributed by atoms with E-state index in [1.165, 1.54) is 27.7 Å². The van der Waals surface area contributed by atoms with Gasteiger partial charge in [0, 0.05) is 33.5 Å². The number of aromatic amines is 1. The van der Waals surface area contributed by atoms with Crippen LogP contribution in [-0.4, -0.2) is 16.5 Å². The molecule has 1 aliphatic heterocycles. The van der Waals surface area contributed by atoms with Crippen LogP contribution >= 0.6 is 15.9 Å². The first kappa shape index (κ1) is 13.0. The van der Waals surface area contributed by atoms with Crippen LogP contribution in [0.3, 0.4) is 0 Å². The highest BCUT2D eigenvalue weighted by Gasteiger charge is 2.24. The number of halogens is 1. The average Bonchev–Trinajstić information content (AvgIpc) is 2.89. The Balaban J connectivity index is 1.75. The van der Waals surface area contributed by atoms with Gasteiger partial charge in [-0.25, -0.2) is 0 Å². The van der Waals surface area contributed by atoms with Gasteiger partial charge < -0.3 is 10.3 Å². The summed E-state index contributed by atoms with van der Waals surface area (Å²) in [7, 11) is 0. The first-order valence-corrected chi connectivity index (χ1v) is 8.03. The molecule has 4 heteroatoms. The summed E-state index contributed by atoms with van der Waals surface area (Å²) in [6.07, 6.45) is 5.77. The number of hydrogen-bond donors (Lipinski definition) is 2. The highest BCUT2D eigenvalue weighted by Crippen LogP contribution is 2.32. The van der Waals surface area contributed by atoms with Gasteiger partial charge in [0.2, 0.25) is 0 Å². The number of hydrogen-bond acceptors (Lipinski definition) is 2. The second-order valence-electron chi connectivity index (χ2n) is 5.49. The Morgan fingerprint density at radius 2 is 2.14 bits per heavy atom. The van der Waals surface area contributed by atoms with Gasteiger partial charge in [0.05, 0.1) is 6.04 Å². The molecule has 1 atom stereocenters. The van der Waals surface area contributed by atoms with Gasteiger partial charge >= 0.3 is 0 Å². The SMILES string of the molecule is Brc1cnccc1CC1NCCc2c1[nH]c1ccccc21. The first-order chi connectivity index (χ1) is 10.3. The fourth-order valence-corrected chi connectivity index (χ4v) is 3.64. The minimum Gasteiger partial charge on any atom is -0.357 e. The van der Waals surface area contributed by atoms with E-state index in [1.54, 1.807) is 0 Å². The lowest BCUT2D eigenvalue weighted by molar-refractivity contribution is 0.494. The van der Waals surface area contributed by atoms with Crippen molar-refractivity contribution in [3.63, 3.8) is 0 Å². The van der Waals surface area contributed by atoms with E-state index in [4.69, 9.17) is 0 Å². The normalized spacial score (nSPS) is 17.9. The lowest BCUT2D eigenvalue weighted by Gasteiger charge is -2.24. The van der Waals surface area contributed by atoms with E-state index in [2.05, 4.69) is 61.5 Å². The van der Waals surface area contributed by atoms with Crippen molar-refractivity contribution in [3.05, 3.63) is 64.0 Å². The number of rotatable bonds is 2. The molecule has 2 N–H and O–H groups in total. The lowest BCUT2D eigenvalue weighted by Crippen LogP contribution is -2.31. The van der Waals surface area contributed by atoms with E-state index in [1.807, 2.05) is 12.4 Å². The summed E-state index contributed by atoms with van der Waals surface area (Å²) in [5, 5.41) is 5.01. The van der Waals surface area contributed by atoms with Gasteiger partial charge in [-0.2, -0.15) is 0 Å². The molecule has 0 saturated heterocycles. The standard InChI is InChI=1S/C17H16BrN3/c18-14-10-19-7-5-11(14)9-16-17-13(6-8-20-16)12-3-1-2-4-15(12)21-17/h1-5,7,10,16,20-21H,6,8-9H2. The van der Waals surface area contributed by atoms with Gasteiger partial charge in [-0.05, 0) is 58.6 Å². The minimum absolute atomic E-state index is 0.333. The van der Waals surface area contributed by atoms with Gasteiger partial charge in [0.1, 0.15) is 0 Å². The summed E-state index contributed by atoms with van der Waals surface area (Å²) in [6.45, 7) is 1.03. The first-order valence-electron chi connectivity index (χ1n) is 7.24. The number of fused-ring (bicyclic) bond motifs is 3. The van der Waals surface area contributed by atoms with Crippen molar-refractivity contribution in [2.45, 2.75) is 18.9 Å². The molecule has 3 aromatic rings. The lowest BCUT2D eigenvalue weighted by atomic mass is 9.95. The van der Waals surface area contributed by atoms with Crippen molar-refractivity contribution in [1.29, 1.82) is 0 Å². The van der Waals surface area contributed by atoms with Gasteiger partial charge in [-0.15, -0.1) is 0 Å². The van der Waals surface area contributed by atoms with Crippen LogP contribution in [0.4, 0.5) is 0 Å². The van der Waals surface area contributed by atoms with Crippen LogP contribution in [0.1, 0.15) is 22.9 Å². The van der Waals surface area contributed by atoms with Crippen molar-refractivity contribution in [1.82, 2.24) is 15.3 Å². The maximum absolute atomic E-state index is 4.14. The average molecular weight is 342 g/mol. The van der Waals surface area contributed by atoms with E-state index in [0.717, 1.165) is 23.9 Å². The van der Waals surface area contributed by atoms with E-state index in [0.29, 0.717) is 6.04 Å². The molecule has 1 unspecified atom stereocenters. The molecule has 0 fully saturated rings. The quantitative estimate of drug-likeness (QED) is 0.745. The number of aromatic nitrogens is 2. The topological polar surface area (TPSA) is 40.7 Å². The van der Waals surface area contributed by atoms with Crippen LogP contribution < -0.4 is 5.32 Å². The van der Waals surface area contributed by atoms with Crippen LogP contribution in [0.2, 0.25) is 0 Å². The highest BCUT2D eigenvalue weighted by molar-refractivity contribution is 9.10. The number of para-hydroxylation sites is 1. The molecule has 106 valence electrons. The van der Waals surface area contributed by atoms with Crippen molar-refractivity contribution >= 4 is 26.8 Å². The van der Waals surface area contributed by atoms with E-state index in [-0.39, 0.29) is 0 Å². The molecule has 21 heavy (non-hydrogen) atoms. The van der Waals surface area contributed by atoms with Crippen molar-refractivity contribution < 1.29 is 0 Å². The Hall–Kier alpha value is -1.65. The molecule has 0 bridgehead atoms. The molecule has 0 aliphatic carbocycles. The van der Waals surface area contributed by atoms with Gasteiger partial charge in [0.25, 0.3) is 0 Å². The maximum Gasteiger partial charge on any atom is 0.0517 e. The number of nitrogens with one attached hydrogen (secondary N) is 2. The van der Waals surface area contributed by atoms with E-state index in [9.17, 15) is 0 Å².